The van der Waals surface area contributed by atoms with Crippen LogP contribution in [0.3, 0.4) is 0 Å². The Hall–Kier alpha value is -3.35. The van der Waals surface area contributed by atoms with E-state index in [0.29, 0.717) is 30.0 Å². The average molecular weight is 451 g/mol. The molecule has 7 heteroatoms. The van der Waals surface area contributed by atoms with E-state index in [4.69, 9.17) is 0 Å². The minimum atomic E-state index is -0.324. The zero-order valence-corrected chi connectivity index (χ0v) is 19.7. The van der Waals surface area contributed by atoms with Gasteiger partial charge in [-0.25, -0.2) is 4.79 Å². The highest BCUT2D eigenvalue weighted by Gasteiger charge is 2.22. The van der Waals surface area contributed by atoms with Crippen LogP contribution in [0.1, 0.15) is 62.4 Å². The first kappa shape index (κ1) is 24.3. The number of hydrogen-bond donors (Lipinski definition) is 4. The van der Waals surface area contributed by atoms with Gasteiger partial charge in [0.15, 0.2) is 0 Å². The molecule has 0 aromatic heterocycles. The molecule has 0 unspecified atom stereocenters. The van der Waals surface area contributed by atoms with Crippen molar-refractivity contribution in [1.29, 1.82) is 0 Å². The van der Waals surface area contributed by atoms with Crippen LogP contribution in [0, 0.1) is 5.92 Å². The van der Waals surface area contributed by atoms with E-state index >= 15 is 0 Å². The van der Waals surface area contributed by atoms with Crippen LogP contribution in [-0.2, 0) is 10.2 Å². The summed E-state index contributed by atoms with van der Waals surface area (Å²) in [6, 6.07) is 14.3. The zero-order valence-electron chi connectivity index (χ0n) is 19.7. The van der Waals surface area contributed by atoms with E-state index in [9.17, 15) is 14.4 Å². The van der Waals surface area contributed by atoms with Gasteiger partial charge < -0.3 is 21.3 Å². The Morgan fingerprint density at radius 2 is 1.33 bits per heavy atom. The number of benzene rings is 2. The molecule has 2 aromatic carbocycles. The van der Waals surface area contributed by atoms with Crippen LogP contribution in [0.15, 0.2) is 48.5 Å². The molecule has 0 spiro atoms. The fraction of sp³-hybridized carbons (Fsp3) is 0.423. The molecule has 2 aromatic rings. The van der Waals surface area contributed by atoms with Gasteiger partial charge in [-0.05, 0) is 60.2 Å². The van der Waals surface area contributed by atoms with Gasteiger partial charge >= 0.3 is 6.03 Å². The van der Waals surface area contributed by atoms with Crippen molar-refractivity contribution >= 4 is 29.2 Å². The van der Waals surface area contributed by atoms with Crippen molar-refractivity contribution in [3.05, 3.63) is 59.7 Å². The summed E-state index contributed by atoms with van der Waals surface area (Å²) in [6.45, 7) is 7.02. The molecular formula is C26H34N4O3. The largest absolute Gasteiger partial charge is 0.350 e. The highest BCUT2D eigenvalue weighted by Crippen LogP contribution is 2.26. The summed E-state index contributed by atoms with van der Waals surface area (Å²) in [5.41, 5.74) is 3.16. The van der Waals surface area contributed by atoms with Crippen LogP contribution in [-0.4, -0.2) is 30.9 Å². The molecule has 4 N–H and O–H groups in total. The molecule has 0 atom stereocenters. The summed E-state index contributed by atoms with van der Waals surface area (Å²) in [5, 5.41) is 11.2. The number of carbonyl (C=O) groups is 3. The number of rotatable bonds is 7. The third kappa shape index (κ3) is 7.34. The van der Waals surface area contributed by atoms with E-state index in [-0.39, 0.29) is 29.2 Å². The van der Waals surface area contributed by atoms with Gasteiger partial charge in [0.2, 0.25) is 5.91 Å². The van der Waals surface area contributed by atoms with Crippen molar-refractivity contribution in [2.45, 2.75) is 51.9 Å². The van der Waals surface area contributed by atoms with E-state index in [1.165, 1.54) is 5.56 Å². The van der Waals surface area contributed by atoms with Crippen molar-refractivity contribution < 1.29 is 14.4 Å². The Morgan fingerprint density at radius 3 is 1.94 bits per heavy atom. The van der Waals surface area contributed by atoms with Gasteiger partial charge in [-0.1, -0.05) is 45.7 Å². The molecule has 0 bridgehead atoms. The Kier molecular flexibility index (Phi) is 8.09. The van der Waals surface area contributed by atoms with Crippen LogP contribution in [0.2, 0.25) is 0 Å². The lowest BCUT2D eigenvalue weighted by Gasteiger charge is -2.19. The molecule has 1 saturated carbocycles. The van der Waals surface area contributed by atoms with Crippen molar-refractivity contribution in [3.8, 4) is 0 Å². The molecule has 1 aliphatic rings. The molecule has 0 heterocycles. The van der Waals surface area contributed by atoms with Crippen molar-refractivity contribution in [2.75, 3.05) is 23.7 Å². The standard InChI is InChI=1S/C26H34N4O3/c1-26(2,3)20-10-14-22(15-11-20)30-25(33)28-17-16-27-23(31)19-8-12-21(13-9-19)29-24(32)18-6-4-5-7-18/h8-15,18H,4-7,16-17H2,1-3H3,(H,27,31)(H,29,32)(H2,28,30,33). The Bertz CT molecular complexity index is 957. The van der Waals surface area contributed by atoms with Gasteiger partial charge in [0.1, 0.15) is 0 Å². The molecule has 7 nitrogen and oxygen atoms in total. The second kappa shape index (κ2) is 11.0. The maximum absolute atomic E-state index is 12.3. The number of anilines is 2. The predicted molar refractivity (Wildman–Crippen MR) is 132 cm³/mol. The third-order valence-electron chi connectivity index (χ3n) is 5.85. The average Bonchev–Trinajstić information content (AvgIpc) is 3.32. The fourth-order valence-electron chi connectivity index (χ4n) is 3.82. The SMILES string of the molecule is CC(C)(C)c1ccc(NC(=O)NCCNC(=O)c2ccc(NC(=O)C3CCCC3)cc2)cc1. The van der Waals surface area contributed by atoms with Crippen molar-refractivity contribution in [2.24, 2.45) is 5.92 Å². The van der Waals surface area contributed by atoms with Crippen LogP contribution in [0.25, 0.3) is 0 Å². The van der Waals surface area contributed by atoms with Crippen LogP contribution < -0.4 is 21.3 Å². The molecule has 0 radical (unpaired) electrons. The summed E-state index contributed by atoms with van der Waals surface area (Å²) >= 11 is 0. The molecule has 33 heavy (non-hydrogen) atoms. The lowest BCUT2D eigenvalue weighted by atomic mass is 9.87. The lowest BCUT2D eigenvalue weighted by Crippen LogP contribution is -2.36. The molecule has 176 valence electrons. The molecular weight excluding hydrogens is 416 g/mol. The number of hydrogen-bond acceptors (Lipinski definition) is 3. The van der Waals surface area contributed by atoms with Gasteiger partial charge in [-0.3, -0.25) is 9.59 Å². The Labute approximate surface area is 195 Å². The quantitative estimate of drug-likeness (QED) is 0.462. The van der Waals surface area contributed by atoms with E-state index < -0.39 is 0 Å². The Morgan fingerprint density at radius 1 is 0.788 bits per heavy atom. The molecule has 1 aliphatic carbocycles. The minimum Gasteiger partial charge on any atom is -0.350 e. The van der Waals surface area contributed by atoms with E-state index in [1.807, 2.05) is 24.3 Å². The number of carbonyl (C=O) groups excluding carboxylic acids is 3. The fourth-order valence-corrected chi connectivity index (χ4v) is 3.82. The normalized spacial score (nSPS) is 13.9. The second-order valence-electron chi connectivity index (χ2n) is 9.51. The highest BCUT2D eigenvalue weighted by molar-refractivity contribution is 5.96. The highest BCUT2D eigenvalue weighted by atomic mass is 16.2. The number of nitrogens with one attached hydrogen (secondary N) is 4. The first-order valence-electron chi connectivity index (χ1n) is 11.6. The van der Waals surface area contributed by atoms with E-state index in [1.54, 1.807) is 24.3 Å². The second-order valence-corrected chi connectivity index (χ2v) is 9.51. The van der Waals surface area contributed by atoms with Gasteiger partial charge in [0, 0.05) is 35.9 Å². The van der Waals surface area contributed by atoms with Gasteiger partial charge in [-0.15, -0.1) is 0 Å². The van der Waals surface area contributed by atoms with Gasteiger partial charge in [0.25, 0.3) is 5.91 Å². The molecule has 0 saturated heterocycles. The molecule has 0 aliphatic heterocycles. The summed E-state index contributed by atoms with van der Waals surface area (Å²) in [4.78, 5) is 36.6. The van der Waals surface area contributed by atoms with Gasteiger partial charge in [0.05, 0.1) is 0 Å². The lowest BCUT2D eigenvalue weighted by molar-refractivity contribution is -0.119. The first-order chi connectivity index (χ1) is 15.7. The Balaban J connectivity index is 1.36. The molecule has 1 fully saturated rings. The monoisotopic (exact) mass is 450 g/mol. The summed E-state index contributed by atoms with van der Waals surface area (Å²) in [6.07, 6.45) is 4.11. The predicted octanol–water partition coefficient (Wildman–Crippen LogP) is 4.66. The van der Waals surface area contributed by atoms with E-state index in [2.05, 4.69) is 42.0 Å². The van der Waals surface area contributed by atoms with Crippen LogP contribution in [0.4, 0.5) is 16.2 Å². The molecule has 4 amide bonds. The zero-order chi connectivity index (χ0) is 23.8. The summed E-state index contributed by atoms with van der Waals surface area (Å²) < 4.78 is 0. The maximum atomic E-state index is 12.3. The summed E-state index contributed by atoms with van der Waals surface area (Å²) in [5.74, 6) is -0.0802. The topological polar surface area (TPSA) is 99.3 Å². The molecule has 3 rings (SSSR count). The summed E-state index contributed by atoms with van der Waals surface area (Å²) in [7, 11) is 0. The van der Waals surface area contributed by atoms with Crippen molar-refractivity contribution in [1.82, 2.24) is 10.6 Å². The first-order valence-corrected chi connectivity index (χ1v) is 11.6. The number of urea groups is 1. The maximum Gasteiger partial charge on any atom is 0.319 e. The third-order valence-corrected chi connectivity index (χ3v) is 5.85. The van der Waals surface area contributed by atoms with E-state index in [0.717, 1.165) is 25.7 Å². The van der Waals surface area contributed by atoms with Crippen LogP contribution in [0.5, 0.6) is 0 Å². The van der Waals surface area contributed by atoms with Crippen molar-refractivity contribution in [3.63, 3.8) is 0 Å². The minimum absolute atomic E-state index is 0.0548. The number of amides is 4. The smallest absolute Gasteiger partial charge is 0.319 e. The van der Waals surface area contributed by atoms with Gasteiger partial charge in [-0.2, -0.15) is 0 Å². The van der Waals surface area contributed by atoms with Crippen LogP contribution >= 0.6 is 0 Å².